The topological polar surface area (TPSA) is 83.0 Å². The highest BCUT2D eigenvalue weighted by Gasteiger charge is 2.21. The first-order valence-electron chi connectivity index (χ1n) is 9.92. The summed E-state index contributed by atoms with van der Waals surface area (Å²) >= 11 is 0. The number of H-pyrrole nitrogens is 1. The molecular weight excluding hydrogens is 376 g/mol. The Balaban J connectivity index is 1.32. The van der Waals surface area contributed by atoms with Crippen LogP contribution in [0.1, 0.15) is 18.5 Å². The molecule has 6 nitrogen and oxygen atoms in total. The number of hydrogen-bond donors (Lipinski definition) is 2. The SMILES string of the molecule is N#Cc1cc(Oc2ccc(OCC3CC3)cc2)cc(Nc2ccc3cc[nH]c3c2)n1. The fourth-order valence-corrected chi connectivity index (χ4v) is 3.20. The van der Waals surface area contributed by atoms with Gasteiger partial charge >= 0.3 is 0 Å². The number of rotatable bonds is 7. The van der Waals surface area contributed by atoms with Gasteiger partial charge in [0.15, 0.2) is 0 Å². The largest absolute Gasteiger partial charge is 0.493 e. The van der Waals surface area contributed by atoms with Crippen LogP contribution in [0.2, 0.25) is 0 Å². The zero-order valence-corrected chi connectivity index (χ0v) is 16.3. The maximum Gasteiger partial charge on any atom is 0.146 e. The van der Waals surface area contributed by atoms with Crippen LogP contribution in [0.3, 0.4) is 0 Å². The molecule has 0 atom stereocenters. The summed E-state index contributed by atoms with van der Waals surface area (Å²) in [6.07, 6.45) is 4.43. The van der Waals surface area contributed by atoms with Gasteiger partial charge in [0.05, 0.1) is 6.61 Å². The highest BCUT2D eigenvalue weighted by Crippen LogP contribution is 2.31. The molecule has 1 aliphatic rings. The van der Waals surface area contributed by atoms with Crippen molar-refractivity contribution in [3.63, 3.8) is 0 Å². The fraction of sp³-hybridized carbons (Fsp3) is 0.167. The van der Waals surface area contributed by atoms with Crippen molar-refractivity contribution in [1.82, 2.24) is 9.97 Å². The molecule has 4 aromatic rings. The second kappa shape index (κ2) is 7.80. The Morgan fingerprint density at radius 2 is 1.83 bits per heavy atom. The monoisotopic (exact) mass is 396 g/mol. The molecule has 0 saturated heterocycles. The average molecular weight is 396 g/mol. The van der Waals surface area contributed by atoms with Crippen LogP contribution in [0, 0.1) is 17.2 Å². The molecule has 0 amide bonds. The van der Waals surface area contributed by atoms with Crippen molar-refractivity contribution in [1.29, 1.82) is 5.26 Å². The second-order valence-electron chi connectivity index (χ2n) is 7.42. The van der Waals surface area contributed by atoms with Gasteiger partial charge in [-0.1, -0.05) is 6.07 Å². The Morgan fingerprint density at radius 3 is 2.63 bits per heavy atom. The van der Waals surface area contributed by atoms with Gasteiger partial charge in [-0.2, -0.15) is 5.26 Å². The van der Waals surface area contributed by atoms with Crippen LogP contribution in [0.4, 0.5) is 11.5 Å². The number of aromatic amines is 1. The number of nitrogens with one attached hydrogen (secondary N) is 2. The summed E-state index contributed by atoms with van der Waals surface area (Å²) in [5, 5.41) is 13.7. The molecule has 2 aromatic carbocycles. The minimum Gasteiger partial charge on any atom is -0.493 e. The Labute approximate surface area is 174 Å². The van der Waals surface area contributed by atoms with Crippen LogP contribution in [0.25, 0.3) is 10.9 Å². The van der Waals surface area contributed by atoms with E-state index < -0.39 is 0 Å². The van der Waals surface area contributed by atoms with Crippen molar-refractivity contribution < 1.29 is 9.47 Å². The minimum atomic E-state index is 0.278. The second-order valence-corrected chi connectivity index (χ2v) is 7.42. The Bertz CT molecular complexity index is 1220. The van der Waals surface area contributed by atoms with Crippen LogP contribution < -0.4 is 14.8 Å². The minimum absolute atomic E-state index is 0.278. The number of hydrogen-bond acceptors (Lipinski definition) is 5. The lowest BCUT2D eigenvalue weighted by Gasteiger charge is -2.11. The number of fused-ring (bicyclic) bond motifs is 1. The summed E-state index contributed by atoms with van der Waals surface area (Å²) in [6.45, 7) is 0.777. The van der Waals surface area contributed by atoms with E-state index in [-0.39, 0.29) is 5.69 Å². The summed E-state index contributed by atoms with van der Waals surface area (Å²) in [5.41, 5.74) is 2.17. The average Bonchev–Trinajstić information content (AvgIpc) is 3.48. The smallest absolute Gasteiger partial charge is 0.146 e. The molecule has 30 heavy (non-hydrogen) atoms. The normalized spacial score (nSPS) is 13.0. The van der Waals surface area contributed by atoms with Gasteiger partial charge in [-0.25, -0.2) is 4.98 Å². The Kier molecular flexibility index (Phi) is 4.70. The van der Waals surface area contributed by atoms with Gasteiger partial charge in [-0.15, -0.1) is 0 Å². The van der Waals surface area contributed by atoms with Crippen LogP contribution in [-0.4, -0.2) is 16.6 Å². The standard InChI is InChI=1S/C24H20N4O2/c25-14-19-11-22(30-21-7-5-20(6-8-21)29-15-16-1-2-16)13-24(28-19)27-18-4-3-17-9-10-26-23(17)12-18/h3-13,16,26H,1-2,15H2,(H,27,28). The third-order valence-corrected chi connectivity index (χ3v) is 4.98. The molecule has 1 saturated carbocycles. The van der Waals surface area contributed by atoms with E-state index in [0.717, 1.165) is 28.9 Å². The molecule has 0 bridgehead atoms. The van der Waals surface area contributed by atoms with Gasteiger partial charge < -0.3 is 19.8 Å². The molecule has 1 fully saturated rings. The number of aromatic nitrogens is 2. The van der Waals surface area contributed by atoms with Gasteiger partial charge in [0.2, 0.25) is 0 Å². The van der Waals surface area contributed by atoms with Crippen LogP contribution in [-0.2, 0) is 0 Å². The molecule has 2 N–H and O–H groups in total. The fourth-order valence-electron chi connectivity index (χ4n) is 3.20. The highest BCUT2D eigenvalue weighted by atomic mass is 16.5. The van der Waals surface area contributed by atoms with Gasteiger partial charge in [0.1, 0.15) is 34.8 Å². The number of nitrogens with zero attached hydrogens (tertiary/aromatic N) is 2. The summed E-state index contributed by atoms with van der Waals surface area (Å²) in [6, 6.07) is 21.0. The van der Waals surface area contributed by atoms with E-state index in [9.17, 15) is 5.26 Å². The van der Waals surface area contributed by atoms with Crippen LogP contribution in [0.15, 0.2) is 66.9 Å². The van der Waals surface area contributed by atoms with Crippen molar-refractivity contribution in [2.45, 2.75) is 12.8 Å². The Hall–Kier alpha value is -3.98. The predicted molar refractivity (Wildman–Crippen MR) is 115 cm³/mol. The van der Waals surface area contributed by atoms with E-state index in [1.165, 1.54) is 12.8 Å². The first kappa shape index (κ1) is 18.1. The number of benzene rings is 2. The van der Waals surface area contributed by atoms with Crippen LogP contribution in [0.5, 0.6) is 17.2 Å². The van der Waals surface area contributed by atoms with E-state index in [1.54, 1.807) is 12.1 Å². The first-order chi connectivity index (χ1) is 14.7. The van der Waals surface area contributed by atoms with Crippen LogP contribution >= 0.6 is 0 Å². The summed E-state index contributed by atoms with van der Waals surface area (Å²) < 4.78 is 11.7. The van der Waals surface area contributed by atoms with E-state index in [4.69, 9.17) is 9.47 Å². The van der Waals surface area contributed by atoms with E-state index in [1.807, 2.05) is 54.7 Å². The molecule has 2 heterocycles. The van der Waals surface area contributed by atoms with E-state index in [0.29, 0.717) is 23.2 Å². The van der Waals surface area contributed by atoms with Crippen molar-refractivity contribution in [2.75, 3.05) is 11.9 Å². The molecule has 0 spiro atoms. The maximum absolute atomic E-state index is 9.36. The van der Waals surface area contributed by atoms with Gasteiger partial charge in [0, 0.05) is 29.5 Å². The molecular formula is C24H20N4O2. The lowest BCUT2D eigenvalue weighted by Crippen LogP contribution is -1.99. The lowest BCUT2D eigenvalue weighted by atomic mass is 10.2. The molecule has 0 unspecified atom stereocenters. The third-order valence-electron chi connectivity index (χ3n) is 4.98. The molecule has 1 aliphatic carbocycles. The van der Waals surface area contributed by atoms with Gasteiger partial charge in [-0.3, -0.25) is 0 Å². The zero-order chi connectivity index (χ0) is 20.3. The molecule has 0 radical (unpaired) electrons. The number of ether oxygens (including phenoxy) is 2. The van der Waals surface area contributed by atoms with Crippen molar-refractivity contribution >= 4 is 22.4 Å². The molecule has 148 valence electrons. The molecule has 0 aliphatic heterocycles. The number of pyridine rings is 1. The molecule has 5 rings (SSSR count). The third kappa shape index (κ3) is 4.20. The van der Waals surface area contributed by atoms with Gasteiger partial charge in [-0.05, 0) is 66.6 Å². The summed E-state index contributed by atoms with van der Waals surface area (Å²) in [4.78, 5) is 7.52. The van der Waals surface area contributed by atoms with E-state index in [2.05, 4.69) is 21.4 Å². The lowest BCUT2D eigenvalue weighted by molar-refractivity contribution is 0.299. The number of anilines is 2. The quantitative estimate of drug-likeness (QED) is 0.415. The van der Waals surface area contributed by atoms with Crippen molar-refractivity contribution in [3.05, 3.63) is 72.6 Å². The molecule has 2 aromatic heterocycles. The van der Waals surface area contributed by atoms with E-state index >= 15 is 0 Å². The maximum atomic E-state index is 9.36. The van der Waals surface area contributed by atoms with Crippen molar-refractivity contribution in [3.8, 4) is 23.3 Å². The molecule has 6 heteroatoms. The zero-order valence-electron chi connectivity index (χ0n) is 16.3. The summed E-state index contributed by atoms with van der Waals surface area (Å²) in [5.74, 6) is 3.30. The Morgan fingerprint density at radius 1 is 1.00 bits per heavy atom. The predicted octanol–water partition coefficient (Wildman–Crippen LogP) is 5.76. The van der Waals surface area contributed by atoms with Crippen molar-refractivity contribution in [2.24, 2.45) is 5.92 Å². The van der Waals surface area contributed by atoms with Gasteiger partial charge in [0.25, 0.3) is 0 Å². The highest BCUT2D eigenvalue weighted by molar-refractivity contribution is 5.83. The first-order valence-corrected chi connectivity index (χ1v) is 9.92. The number of nitriles is 1. The summed E-state index contributed by atoms with van der Waals surface area (Å²) in [7, 11) is 0.